The molecule has 35 heavy (non-hydrogen) atoms. The Bertz CT molecular complexity index is 1480. The number of benzene rings is 3. The van der Waals surface area contributed by atoms with Crippen molar-refractivity contribution in [2.24, 2.45) is 5.10 Å². The average molecular weight is 620 g/mol. The third-order valence-corrected chi connectivity index (χ3v) is 7.18. The van der Waals surface area contributed by atoms with E-state index in [4.69, 9.17) is 21.1 Å². The molecule has 180 valence electrons. The molecule has 3 aromatic carbocycles. The molecule has 0 saturated carbocycles. The lowest BCUT2D eigenvalue weighted by Crippen LogP contribution is -2.20. The fourth-order valence-corrected chi connectivity index (χ4v) is 4.47. The lowest BCUT2D eigenvalue weighted by molar-refractivity contribution is 0.269. The molecule has 0 radical (unpaired) electrons. The molecule has 0 aliphatic heterocycles. The Morgan fingerprint density at radius 2 is 1.83 bits per heavy atom. The summed E-state index contributed by atoms with van der Waals surface area (Å²) in [4.78, 5) is 17.5. The molecule has 9 heteroatoms. The molecule has 0 aliphatic carbocycles. The molecular weight excluding hydrogens is 598 g/mol. The Morgan fingerprint density at radius 3 is 2.54 bits per heavy atom. The van der Waals surface area contributed by atoms with E-state index < -0.39 is 0 Å². The highest BCUT2D eigenvalue weighted by atomic mass is 79.9. The van der Waals surface area contributed by atoms with E-state index in [2.05, 4.69) is 41.9 Å². The highest BCUT2D eigenvalue weighted by molar-refractivity contribution is 9.10. The van der Waals surface area contributed by atoms with Crippen LogP contribution >= 0.6 is 43.5 Å². The Labute approximate surface area is 224 Å². The molecular formula is C26H22Br2ClN3O3. The molecule has 0 aliphatic rings. The van der Waals surface area contributed by atoms with Gasteiger partial charge in [0.05, 0.1) is 23.7 Å². The first kappa shape index (κ1) is 25.4. The summed E-state index contributed by atoms with van der Waals surface area (Å²) in [6.07, 6.45) is 1.54. The number of ether oxygens (including phenoxy) is 2. The zero-order valence-electron chi connectivity index (χ0n) is 19.3. The van der Waals surface area contributed by atoms with Crippen molar-refractivity contribution in [1.82, 2.24) is 9.66 Å². The van der Waals surface area contributed by atoms with Crippen molar-refractivity contribution < 1.29 is 9.47 Å². The summed E-state index contributed by atoms with van der Waals surface area (Å²) in [7, 11) is 0. The maximum absolute atomic E-state index is 13.0. The predicted octanol–water partition coefficient (Wildman–Crippen LogP) is 7.05. The minimum absolute atomic E-state index is 0.268. The quantitative estimate of drug-likeness (QED) is 0.208. The Morgan fingerprint density at radius 1 is 1.09 bits per heavy atom. The number of rotatable bonds is 7. The van der Waals surface area contributed by atoms with Gasteiger partial charge in [-0.05, 0) is 66.5 Å². The van der Waals surface area contributed by atoms with Gasteiger partial charge in [0.15, 0.2) is 11.5 Å². The van der Waals surface area contributed by atoms with Crippen LogP contribution in [0.2, 0.25) is 5.02 Å². The van der Waals surface area contributed by atoms with Gasteiger partial charge in [-0.3, -0.25) is 4.79 Å². The second kappa shape index (κ2) is 10.9. The van der Waals surface area contributed by atoms with Gasteiger partial charge in [0.25, 0.3) is 5.56 Å². The number of aromatic nitrogens is 2. The van der Waals surface area contributed by atoms with Crippen molar-refractivity contribution in [3.63, 3.8) is 0 Å². The molecule has 4 rings (SSSR count). The lowest BCUT2D eigenvalue weighted by atomic mass is 10.1. The number of nitrogens with zero attached hydrogens (tertiary/aromatic N) is 3. The monoisotopic (exact) mass is 617 g/mol. The summed E-state index contributed by atoms with van der Waals surface area (Å²) in [5, 5.41) is 5.23. The van der Waals surface area contributed by atoms with Crippen molar-refractivity contribution in [2.45, 2.75) is 27.4 Å². The molecule has 0 spiro atoms. The van der Waals surface area contributed by atoms with Crippen LogP contribution in [0.25, 0.3) is 10.9 Å². The van der Waals surface area contributed by atoms with Crippen molar-refractivity contribution in [1.29, 1.82) is 0 Å². The summed E-state index contributed by atoms with van der Waals surface area (Å²) in [5.41, 5.74) is 3.16. The largest absolute Gasteiger partial charge is 0.490 e. The first-order chi connectivity index (χ1) is 16.8. The van der Waals surface area contributed by atoms with Crippen LogP contribution in [0.4, 0.5) is 0 Å². The van der Waals surface area contributed by atoms with Gasteiger partial charge in [0, 0.05) is 14.5 Å². The van der Waals surface area contributed by atoms with Crippen molar-refractivity contribution in [2.75, 3.05) is 6.61 Å². The lowest BCUT2D eigenvalue weighted by Gasteiger charge is -2.16. The molecule has 0 fully saturated rings. The first-order valence-electron chi connectivity index (χ1n) is 10.8. The normalized spacial score (nSPS) is 11.4. The minimum atomic E-state index is -0.268. The predicted molar refractivity (Wildman–Crippen MR) is 147 cm³/mol. The number of hydrogen-bond donors (Lipinski definition) is 0. The van der Waals surface area contributed by atoms with E-state index in [1.165, 1.54) is 10.2 Å². The fraction of sp³-hybridized carbons (Fsp3) is 0.192. The summed E-state index contributed by atoms with van der Waals surface area (Å²) in [5.74, 6) is 1.38. The molecule has 0 N–H and O–H groups in total. The van der Waals surface area contributed by atoms with E-state index in [0.717, 1.165) is 10.0 Å². The minimum Gasteiger partial charge on any atom is -0.490 e. The first-order valence-corrected chi connectivity index (χ1v) is 12.8. The molecule has 0 bridgehead atoms. The summed E-state index contributed by atoms with van der Waals surface area (Å²) in [6, 6.07) is 15.2. The molecule has 1 aromatic heterocycles. The SMILES string of the molecule is CCOc1cc(C=Nn2c(C)nc3ccc(Br)cc3c2=O)c(Br)c(Cl)c1OCc1ccc(C)cc1. The van der Waals surface area contributed by atoms with E-state index in [0.29, 0.717) is 56.5 Å². The number of fused-ring (bicyclic) bond motifs is 1. The van der Waals surface area contributed by atoms with Gasteiger partial charge in [-0.15, -0.1) is 0 Å². The van der Waals surface area contributed by atoms with Crippen LogP contribution in [0, 0.1) is 13.8 Å². The van der Waals surface area contributed by atoms with Crippen molar-refractivity contribution in [3.8, 4) is 11.5 Å². The Hall–Kier alpha value is -2.68. The zero-order valence-corrected chi connectivity index (χ0v) is 23.2. The third kappa shape index (κ3) is 5.60. The van der Waals surface area contributed by atoms with Crippen LogP contribution in [0.3, 0.4) is 0 Å². The molecule has 0 saturated heterocycles. The second-order valence-corrected chi connectivity index (χ2v) is 9.90. The number of hydrogen-bond acceptors (Lipinski definition) is 5. The van der Waals surface area contributed by atoms with Crippen LogP contribution in [-0.2, 0) is 6.61 Å². The summed E-state index contributed by atoms with van der Waals surface area (Å²) in [6.45, 7) is 6.42. The zero-order chi connectivity index (χ0) is 25.1. The highest BCUT2D eigenvalue weighted by Gasteiger charge is 2.18. The maximum Gasteiger partial charge on any atom is 0.282 e. The average Bonchev–Trinajstić information content (AvgIpc) is 2.83. The molecule has 0 unspecified atom stereocenters. The Balaban J connectivity index is 1.70. The smallest absolute Gasteiger partial charge is 0.282 e. The van der Waals surface area contributed by atoms with E-state index in [-0.39, 0.29) is 5.56 Å². The van der Waals surface area contributed by atoms with Gasteiger partial charge in [-0.25, -0.2) is 4.98 Å². The van der Waals surface area contributed by atoms with E-state index >= 15 is 0 Å². The topological polar surface area (TPSA) is 65.7 Å². The van der Waals surface area contributed by atoms with Crippen LogP contribution < -0.4 is 15.0 Å². The number of halogens is 3. The maximum atomic E-state index is 13.0. The molecule has 6 nitrogen and oxygen atoms in total. The fourth-order valence-electron chi connectivity index (χ4n) is 3.45. The molecule has 0 atom stereocenters. The van der Waals surface area contributed by atoms with Crippen LogP contribution in [0.1, 0.15) is 29.4 Å². The summed E-state index contributed by atoms with van der Waals surface area (Å²) >= 11 is 13.6. The van der Waals surface area contributed by atoms with Gasteiger partial charge >= 0.3 is 0 Å². The van der Waals surface area contributed by atoms with E-state index in [1.54, 1.807) is 31.3 Å². The van der Waals surface area contributed by atoms with Gasteiger partial charge in [-0.2, -0.15) is 9.78 Å². The van der Waals surface area contributed by atoms with E-state index in [1.807, 2.05) is 44.2 Å². The summed E-state index contributed by atoms with van der Waals surface area (Å²) < 4.78 is 14.5. The molecule has 1 heterocycles. The molecule has 4 aromatic rings. The van der Waals surface area contributed by atoms with Crippen LogP contribution in [0.5, 0.6) is 11.5 Å². The van der Waals surface area contributed by atoms with Gasteiger partial charge in [0.1, 0.15) is 17.5 Å². The van der Waals surface area contributed by atoms with Gasteiger partial charge in [-0.1, -0.05) is 57.4 Å². The standard InChI is InChI=1S/C26H22Br2ClN3O3/c1-4-34-22-11-18(23(28)24(29)25(22)35-14-17-7-5-15(2)6-8-17)13-30-32-16(3)31-21-10-9-19(27)12-20(21)26(32)33/h5-13H,4,14H2,1-3H3. The van der Waals surface area contributed by atoms with Crippen molar-refractivity contribution in [3.05, 3.63) is 95.4 Å². The van der Waals surface area contributed by atoms with Crippen LogP contribution in [0.15, 0.2) is 67.4 Å². The van der Waals surface area contributed by atoms with Gasteiger partial charge < -0.3 is 9.47 Å². The van der Waals surface area contributed by atoms with Gasteiger partial charge in [0.2, 0.25) is 0 Å². The number of aryl methyl sites for hydroxylation is 2. The molecule has 0 amide bonds. The Kier molecular flexibility index (Phi) is 7.94. The highest BCUT2D eigenvalue weighted by Crippen LogP contribution is 2.42. The van der Waals surface area contributed by atoms with Crippen LogP contribution in [-0.4, -0.2) is 22.5 Å². The second-order valence-electron chi connectivity index (χ2n) is 7.81. The third-order valence-electron chi connectivity index (χ3n) is 5.24. The van der Waals surface area contributed by atoms with Crippen molar-refractivity contribution >= 4 is 60.6 Å². The van der Waals surface area contributed by atoms with E-state index in [9.17, 15) is 4.79 Å².